The van der Waals surface area contributed by atoms with E-state index >= 15 is 0 Å². The summed E-state index contributed by atoms with van der Waals surface area (Å²) >= 11 is 0. The molecule has 1 saturated heterocycles. The van der Waals surface area contributed by atoms with E-state index in [-0.39, 0.29) is 0 Å². The Bertz CT molecular complexity index is 633. The molecule has 0 radical (unpaired) electrons. The number of hydrogen-bond donors (Lipinski definition) is 3. The molecule has 0 aliphatic carbocycles. The van der Waals surface area contributed by atoms with Crippen molar-refractivity contribution in [2.24, 2.45) is 0 Å². The molecule has 1 aromatic heterocycles. The first-order valence-corrected chi connectivity index (χ1v) is 5.36. The summed E-state index contributed by atoms with van der Waals surface area (Å²) in [6.45, 7) is -0.664. The first kappa shape index (κ1) is 13.5. The van der Waals surface area contributed by atoms with Gasteiger partial charge < -0.3 is 14.9 Å². The molecule has 0 amide bonds. The number of aromatic amines is 1. The van der Waals surface area contributed by atoms with E-state index in [0.29, 0.717) is 0 Å². The van der Waals surface area contributed by atoms with Crippen molar-refractivity contribution >= 4 is 0 Å². The third kappa shape index (κ3) is 1.98. The molecule has 2 heterocycles. The van der Waals surface area contributed by atoms with Gasteiger partial charge in [-0.3, -0.25) is 14.3 Å². The second kappa shape index (κ2) is 4.62. The van der Waals surface area contributed by atoms with Crippen LogP contribution in [0, 0.1) is 12.3 Å². The second-order valence-electron chi connectivity index (χ2n) is 4.08. The van der Waals surface area contributed by atoms with Gasteiger partial charge in [0.2, 0.25) is 5.67 Å². The van der Waals surface area contributed by atoms with Gasteiger partial charge in [0.15, 0.2) is 6.23 Å². The van der Waals surface area contributed by atoms with Crippen LogP contribution in [0.25, 0.3) is 0 Å². The number of aliphatic hydroxyl groups is 2. The van der Waals surface area contributed by atoms with E-state index in [0.717, 1.165) is 16.8 Å². The average Bonchev–Trinajstić information content (AvgIpc) is 2.63. The molecule has 1 aliphatic heterocycles. The number of aliphatic hydroxyl groups excluding tert-OH is 2. The van der Waals surface area contributed by atoms with Crippen LogP contribution < -0.4 is 11.2 Å². The number of ether oxygens (including phenoxy) is 1. The van der Waals surface area contributed by atoms with Crippen LogP contribution in [0.4, 0.5) is 4.39 Å². The zero-order chi connectivity index (χ0) is 14.2. The molecule has 1 aliphatic rings. The number of terminal acetylenes is 1. The van der Waals surface area contributed by atoms with Gasteiger partial charge in [-0.2, -0.15) is 0 Å². The molecular weight excluding hydrogens is 259 g/mol. The van der Waals surface area contributed by atoms with E-state index in [4.69, 9.17) is 16.3 Å². The lowest BCUT2D eigenvalue weighted by atomic mass is 9.97. The van der Waals surface area contributed by atoms with Gasteiger partial charge in [-0.1, -0.05) is 5.92 Å². The molecule has 0 saturated carbocycles. The highest BCUT2D eigenvalue weighted by Crippen LogP contribution is 2.40. The molecule has 19 heavy (non-hydrogen) atoms. The predicted octanol–water partition coefficient (Wildman–Crippen LogP) is -1.87. The molecule has 2 rings (SSSR count). The third-order valence-corrected chi connectivity index (χ3v) is 2.95. The molecule has 0 spiro atoms. The van der Waals surface area contributed by atoms with Gasteiger partial charge in [0.25, 0.3) is 5.56 Å². The maximum atomic E-state index is 14.5. The number of nitrogens with zero attached hydrogens (tertiary/aromatic N) is 1. The Labute approximate surface area is 106 Å². The fourth-order valence-corrected chi connectivity index (χ4v) is 1.94. The topological polar surface area (TPSA) is 105 Å². The molecule has 0 aromatic carbocycles. The first-order valence-electron chi connectivity index (χ1n) is 5.36. The minimum Gasteiger partial charge on any atom is -0.394 e. The van der Waals surface area contributed by atoms with Crippen LogP contribution >= 0.6 is 0 Å². The summed E-state index contributed by atoms with van der Waals surface area (Å²) in [6.07, 6.45) is 1.38. The largest absolute Gasteiger partial charge is 0.394 e. The van der Waals surface area contributed by atoms with Crippen LogP contribution in [-0.4, -0.2) is 44.2 Å². The SMILES string of the molecule is C#CC1(F)C(O)[C@@H](CO)OC1n1ccc(=O)[nH]c1=O. The Morgan fingerprint density at radius 3 is 2.84 bits per heavy atom. The van der Waals surface area contributed by atoms with Crippen LogP contribution in [0.2, 0.25) is 0 Å². The van der Waals surface area contributed by atoms with Crippen molar-refractivity contribution in [2.45, 2.75) is 24.1 Å². The fourth-order valence-electron chi connectivity index (χ4n) is 1.94. The smallest absolute Gasteiger partial charge is 0.330 e. The Morgan fingerprint density at radius 2 is 2.32 bits per heavy atom. The van der Waals surface area contributed by atoms with Gasteiger partial charge in [-0.25, -0.2) is 9.18 Å². The predicted molar refractivity (Wildman–Crippen MR) is 61.0 cm³/mol. The van der Waals surface area contributed by atoms with Crippen molar-refractivity contribution in [3.05, 3.63) is 33.1 Å². The number of rotatable bonds is 2. The summed E-state index contributed by atoms with van der Waals surface area (Å²) in [6, 6.07) is 0.986. The lowest BCUT2D eigenvalue weighted by Crippen LogP contribution is -2.44. The van der Waals surface area contributed by atoms with Crippen LogP contribution in [-0.2, 0) is 4.74 Å². The number of aromatic nitrogens is 2. The minimum absolute atomic E-state index is 0.663. The highest BCUT2D eigenvalue weighted by atomic mass is 19.1. The van der Waals surface area contributed by atoms with Crippen molar-refractivity contribution < 1.29 is 19.3 Å². The summed E-state index contributed by atoms with van der Waals surface area (Å²) in [5.41, 5.74) is -4.28. The molecule has 1 fully saturated rings. The minimum atomic E-state index is -2.69. The zero-order valence-electron chi connectivity index (χ0n) is 9.62. The highest BCUT2D eigenvalue weighted by Gasteiger charge is 2.57. The molecule has 0 bridgehead atoms. The van der Waals surface area contributed by atoms with E-state index < -0.39 is 42.0 Å². The fraction of sp³-hybridized carbons (Fsp3) is 0.455. The summed E-state index contributed by atoms with van der Waals surface area (Å²) in [5, 5.41) is 18.7. The standard InChI is InChI=1S/C11H11FN2O5/c1-2-11(12)8(17)6(5-15)19-9(11)14-4-3-7(16)13-10(14)18/h1,3-4,6,8-9,15,17H,5H2,(H,13,16,18)/t6-,8?,9?,11?/m1/s1. The number of H-pyrrole nitrogens is 1. The van der Waals surface area contributed by atoms with Crippen molar-refractivity contribution in [2.75, 3.05) is 6.61 Å². The summed E-state index contributed by atoms with van der Waals surface area (Å²) in [5.74, 6) is 1.74. The number of alkyl halides is 1. The van der Waals surface area contributed by atoms with Crippen molar-refractivity contribution in [3.63, 3.8) is 0 Å². The van der Waals surface area contributed by atoms with Gasteiger partial charge in [-0.15, -0.1) is 6.42 Å². The van der Waals surface area contributed by atoms with Crippen LogP contribution in [0.5, 0.6) is 0 Å². The highest BCUT2D eigenvalue weighted by molar-refractivity contribution is 5.19. The average molecular weight is 270 g/mol. The summed E-state index contributed by atoms with van der Waals surface area (Å²) in [4.78, 5) is 24.4. The van der Waals surface area contributed by atoms with Gasteiger partial charge in [-0.05, 0) is 0 Å². The monoisotopic (exact) mass is 270 g/mol. The van der Waals surface area contributed by atoms with Gasteiger partial charge in [0.05, 0.1) is 6.61 Å². The molecule has 102 valence electrons. The first-order chi connectivity index (χ1) is 8.93. The Balaban J connectivity index is 2.52. The normalized spacial score (nSPS) is 34.1. The maximum absolute atomic E-state index is 14.5. The Kier molecular flexibility index (Phi) is 3.28. The maximum Gasteiger partial charge on any atom is 0.330 e. The Morgan fingerprint density at radius 1 is 1.63 bits per heavy atom. The van der Waals surface area contributed by atoms with Crippen molar-refractivity contribution in [1.82, 2.24) is 9.55 Å². The lowest BCUT2D eigenvalue weighted by molar-refractivity contribution is -0.0543. The number of hydrogen-bond acceptors (Lipinski definition) is 5. The van der Waals surface area contributed by atoms with Crippen LogP contribution in [0.3, 0.4) is 0 Å². The van der Waals surface area contributed by atoms with Gasteiger partial charge in [0.1, 0.15) is 12.2 Å². The molecule has 7 nitrogen and oxygen atoms in total. The van der Waals surface area contributed by atoms with E-state index in [1.165, 1.54) is 0 Å². The zero-order valence-corrected chi connectivity index (χ0v) is 9.62. The van der Waals surface area contributed by atoms with Crippen LogP contribution in [0.15, 0.2) is 21.9 Å². The molecule has 3 N–H and O–H groups in total. The van der Waals surface area contributed by atoms with E-state index in [9.17, 15) is 19.1 Å². The number of nitrogens with one attached hydrogen (secondary N) is 1. The molecular formula is C11H11FN2O5. The molecule has 4 atom stereocenters. The van der Waals surface area contributed by atoms with E-state index in [1.807, 2.05) is 4.98 Å². The van der Waals surface area contributed by atoms with E-state index in [2.05, 4.69) is 0 Å². The molecule has 3 unspecified atom stereocenters. The molecule has 8 heteroatoms. The Hall–Kier alpha value is -1.95. The van der Waals surface area contributed by atoms with E-state index in [1.54, 1.807) is 5.92 Å². The molecule has 1 aromatic rings. The lowest BCUT2D eigenvalue weighted by Gasteiger charge is -2.23. The quantitative estimate of drug-likeness (QED) is 0.546. The van der Waals surface area contributed by atoms with Gasteiger partial charge in [0, 0.05) is 12.3 Å². The third-order valence-electron chi connectivity index (χ3n) is 2.95. The van der Waals surface area contributed by atoms with Crippen molar-refractivity contribution in [3.8, 4) is 12.3 Å². The number of halogens is 1. The van der Waals surface area contributed by atoms with Crippen LogP contribution in [0.1, 0.15) is 6.23 Å². The van der Waals surface area contributed by atoms with Gasteiger partial charge >= 0.3 is 5.69 Å². The summed E-state index contributed by atoms with van der Waals surface area (Å²) < 4.78 is 20.3. The second-order valence-corrected chi connectivity index (χ2v) is 4.08. The van der Waals surface area contributed by atoms with Crippen molar-refractivity contribution in [1.29, 1.82) is 0 Å². The summed E-state index contributed by atoms with van der Waals surface area (Å²) in [7, 11) is 0.